The molecule has 0 spiro atoms. The van der Waals surface area contributed by atoms with Crippen LogP contribution in [0.5, 0.6) is 0 Å². The van der Waals surface area contributed by atoms with E-state index in [0.717, 1.165) is 23.0 Å². The number of hydrogen-bond acceptors (Lipinski definition) is 3. The number of hydrogen-bond donors (Lipinski definition) is 1. The van der Waals surface area contributed by atoms with E-state index in [-0.39, 0.29) is 9.52 Å². The summed E-state index contributed by atoms with van der Waals surface area (Å²) in [5.41, 5.74) is 0. The zero-order chi connectivity index (χ0) is 10.4. The molecule has 0 fully saturated rings. The van der Waals surface area contributed by atoms with Crippen LogP contribution in [-0.4, -0.2) is 14.1 Å². The van der Waals surface area contributed by atoms with Crippen molar-refractivity contribution in [2.75, 3.05) is 0 Å². The summed E-state index contributed by atoms with van der Waals surface area (Å²) < 4.78 is 16.4. The van der Waals surface area contributed by atoms with Crippen LogP contribution in [0, 0.1) is 13.5 Å². The molecule has 0 saturated heterocycles. The van der Waals surface area contributed by atoms with Gasteiger partial charge in [-0.3, -0.25) is 6.58 Å². The zero-order valence-electron chi connectivity index (χ0n) is 7.08. The van der Waals surface area contributed by atoms with E-state index in [1.165, 1.54) is 0 Å². The topological polar surface area (TPSA) is 37.3 Å². The fourth-order valence-corrected chi connectivity index (χ4v) is 2.18. The summed E-state index contributed by atoms with van der Waals surface area (Å²) in [6, 6.07) is 1.07. The van der Waals surface area contributed by atoms with Gasteiger partial charge in [0.25, 0.3) is 0 Å². The van der Waals surface area contributed by atoms with Gasteiger partial charge in [0, 0.05) is 9.52 Å². The summed E-state index contributed by atoms with van der Waals surface area (Å²) in [7, 11) is 0.0554. The van der Waals surface area contributed by atoms with Crippen molar-refractivity contribution >= 4 is 21.6 Å². The van der Waals surface area contributed by atoms with Crippen LogP contribution in [-0.2, 0) is 19.5 Å². The molecule has 0 aromatic carbocycles. The molecule has 0 unspecified atom stereocenters. The maximum atomic E-state index is 8.49. The van der Waals surface area contributed by atoms with Crippen molar-refractivity contribution in [3.63, 3.8) is 0 Å². The Morgan fingerprint density at radius 3 is 2.33 bits per heavy atom. The van der Waals surface area contributed by atoms with Crippen molar-refractivity contribution < 1.29 is 24.1 Å². The van der Waals surface area contributed by atoms with Crippen LogP contribution in [0.4, 0.5) is 0 Å². The van der Waals surface area contributed by atoms with E-state index >= 15 is 0 Å². The van der Waals surface area contributed by atoms with Crippen molar-refractivity contribution in [1.82, 2.24) is 0 Å². The first kappa shape index (κ1) is 18.1. The Morgan fingerprint density at radius 1 is 1.83 bits per heavy atom. The Labute approximate surface area is 89.3 Å². The average molecular weight is 249 g/mol. The van der Waals surface area contributed by atoms with Gasteiger partial charge in [-0.2, -0.15) is 0 Å². The van der Waals surface area contributed by atoms with Gasteiger partial charge >= 0.3 is 19.5 Å². The van der Waals surface area contributed by atoms with Crippen LogP contribution in [0.3, 0.4) is 0 Å². The van der Waals surface area contributed by atoms with Gasteiger partial charge in [0.2, 0.25) is 0 Å². The molecule has 0 radical (unpaired) electrons. The molecule has 0 bridgehead atoms. The molecule has 0 saturated carbocycles. The summed E-state index contributed by atoms with van der Waals surface area (Å²) in [5, 5.41) is 0. The summed E-state index contributed by atoms with van der Waals surface area (Å²) in [5.74, 6) is 0. The molecule has 0 aliphatic rings. The first-order valence-corrected chi connectivity index (χ1v) is 6.80. The van der Waals surface area contributed by atoms with Gasteiger partial charge in [0.05, 0.1) is 0 Å². The minimum absolute atomic E-state index is 0.0554. The molecule has 0 heterocycles. The SMILES string of the molecule is [CH-]=C.[CH2-]/C=C(\C[SiH2]C)SO.[O]=[Co]. The van der Waals surface area contributed by atoms with Crippen molar-refractivity contribution in [2.45, 2.75) is 12.6 Å². The first-order valence-electron chi connectivity index (χ1n) is 3.19. The predicted octanol–water partition coefficient (Wildman–Crippen LogP) is 2.03. The van der Waals surface area contributed by atoms with Gasteiger partial charge in [-0.15, -0.1) is 4.91 Å². The molecular formula is C7H14CoO2SSi-2. The third-order valence-corrected chi connectivity index (χ3v) is 2.85. The molecular weight excluding hydrogens is 235 g/mol. The molecule has 75 valence electrons. The molecule has 0 amide bonds. The van der Waals surface area contributed by atoms with Gasteiger partial charge < -0.3 is 11.1 Å². The van der Waals surface area contributed by atoms with E-state index in [2.05, 4.69) is 42.3 Å². The van der Waals surface area contributed by atoms with Gasteiger partial charge in [-0.25, -0.2) is 13.0 Å². The van der Waals surface area contributed by atoms with Crippen molar-refractivity contribution in [3.05, 3.63) is 31.1 Å². The molecule has 12 heavy (non-hydrogen) atoms. The van der Waals surface area contributed by atoms with E-state index in [1.54, 1.807) is 6.08 Å². The molecule has 0 rings (SSSR count). The normalized spacial score (nSPS) is 9.75. The van der Waals surface area contributed by atoms with Gasteiger partial charge in [0.1, 0.15) is 0 Å². The van der Waals surface area contributed by atoms with E-state index in [1.807, 2.05) is 0 Å². The van der Waals surface area contributed by atoms with E-state index in [4.69, 9.17) is 8.42 Å². The summed E-state index contributed by atoms with van der Waals surface area (Å²) in [6.45, 7) is 12.8. The molecule has 1 N–H and O–H groups in total. The maximum absolute atomic E-state index is 8.49. The van der Waals surface area contributed by atoms with Crippen molar-refractivity contribution in [2.24, 2.45) is 0 Å². The van der Waals surface area contributed by atoms with Crippen LogP contribution in [0.25, 0.3) is 0 Å². The molecule has 0 aromatic rings. The summed E-state index contributed by atoms with van der Waals surface area (Å²) in [6.07, 6.45) is 1.72. The second kappa shape index (κ2) is 22.5. The first-order chi connectivity index (χ1) is 5.85. The number of allylic oxidation sites excluding steroid dienone is 2. The standard InChI is InChI=1S/C5H11OSSi.C2H3.Co.O/c1-3-5(7-6)4-8-2;1-2;;/h3,6H,1,4,8H2,2H3;1H,2H2;;/q2*-1;;/b5-3+;;;. The van der Waals surface area contributed by atoms with Gasteiger partial charge in [0.15, 0.2) is 0 Å². The molecule has 5 heteroatoms. The quantitative estimate of drug-likeness (QED) is 0.472. The fourth-order valence-electron chi connectivity index (χ4n) is 0.431. The average Bonchev–Trinajstić information content (AvgIpc) is 2.20. The van der Waals surface area contributed by atoms with E-state index in [0.29, 0.717) is 0 Å². The molecule has 0 atom stereocenters. The van der Waals surface area contributed by atoms with Gasteiger partial charge in [-0.05, 0) is 0 Å². The Balaban J connectivity index is -0.000000175. The molecule has 0 aliphatic carbocycles. The van der Waals surface area contributed by atoms with Crippen LogP contribution in [0.2, 0.25) is 12.6 Å². The third-order valence-electron chi connectivity index (χ3n) is 0.841. The summed E-state index contributed by atoms with van der Waals surface area (Å²) >= 11 is 3.14. The number of rotatable bonds is 3. The molecule has 0 aromatic heterocycles. The van der Waals surface area contributed by atoms with Crippen molar-refractivity contribution in [1.29, 1.82) is 0 Å². The van der Waals surface area contributed by atoms with Gasteiger partial charge in [-0.1, -0.05) is 24.6 Å². The van der Waals surface area contributed by atoms with Crippen LogP contribution >= 0.6 is 12.0 Å². The second-order valence-corrected chi connectivity index (χ2v) is 3.72. The second-order valence-electron chi connectivity index (χ2n) is 1.51. The minimum atomic E-state index is 0.0554. The Bertz CT molecular complexity index is 110. The Morgan fingerprint density at radius 2 is 2.25 bits per heavy atom. The van der Waals surface area contributed by atoms with E-state index < -0.39 is 0 Å². The molecule has 0 aliphatic heterocycles. The summed E-state index contributed by atoms with van der Waals surface area (Å²) in [4.78, 5) is 1.01. The monoisotopic (exact) mass is 249 g/mol. The van der Waals surface area contributed by atoms with Crippen LogP contribution < -0.4 is 0 Å². The fraction of sp³-hybridized carbons (Fsp3) is 0.286. The van der Waals surface area contributed by atoms with Crippen LogP contribution in [0.1, 0.15) is 0 Å². The zero-order valence-corrected chi connectivity index (χ0v) is 10.4. The predicted molar refractivity (Wildman–Crippen MR) is 53.5 cm³/mol. The Kier molecular flexibility index (Phi) is 33.8. The van der Waals surface area contributed by atoms with E-state index in [9.17, 15) is 0 Å². The molecule has 2 nitrogen and oxygen atoms in total. The Hall–Kier alpha value is 0.183. The van der Waals surface area contributed by atoms with Crippen molar-refractivity contribution in [3.8, 4) is 0 Å². The third kappa shape index (κ3) is 16.6. The van der Waals surface area contributed by atoms with Crippen LogP contribution in [0.15, 0.2) is 17.6 Å².